The number of hydrogen-bond acceptors (Lipinski definition) is 3. The van der Waals surface area contributed by atoms with Gasteiger partial charge in [-0.1, -0.05) is 49.8 Å². The summed E-state index contributed by atoms with van der Waals surface area (Å²) in [5, 5.41) is 3.30. The molecule has 1 N–H and O–H groups in total. The Labute approximate surface area is 174 Å². The van der Waals surface area contributed by atoms with E-state index in [4.69, 9.17) is 0 Å². The van der Waals surface area contributed by atoms with E-state index in [1.807, 2.05) is 0 Å². The van der Waals surface area contributed by atoms with Crippen molar-refractivity contribution in [3.05, 3.63) is 65.2 Å². The third-order valence-electron chi connectivity index (χ3n) is 6.67. The van der Waals surface area contributed by atoms with Gasteiger partial charge in [0.15, 0.2) is 0 Å². The van der Waals surface area contributed by atoms with E-state index in [0.29, 0.717) is 6.54 Å². The second kappa shape index (κ2) is 6.94. The van der Waals surface area contributed by atoms with Crippen molar-refractivity contribution < 1.29 is 4.79 Å². The fraction of sp³-hybridized carbons (Fsp3) is 0.400. The standard InChI is InChI=1S/C25H31N3O/c1-6-27(7-2)20-11-9-19(10-12-20)14-15-25-24(4,5)21-16-18(3)8-13-22(21)28(25)17-23(29)26-25/h8-16H,6-7,17H2,1-5H3,(H,26,29)/b15-14+/t25-/m0/s1. The molecule has 2 aromatic rings. The first-order valence-electron chi connectivity index (χ1n) is 10.6. The maximum Gasteiger partial charge on any atom is 0.241 e. The Hall–Kier alpha value is -2.75. The molecule has 4 rings (SSSR count). The predicted molar refractivity (Wildman–Crippen MR) is 121 cm³/mol. The third-order valence-corrected chi connectivity index (χ3v) is 6.67. The molecule has 0 aromatic heterocycles. The number of hydrogen-bond donors (Lipinski definition) is 1. The number of anilines is 2. The zero-order valence-electron chi connectivity index (χ0n) is 18.1. The quantitative estimate of drug-likeness (QED) is 0.819. The minimum Gasteiger partial charge on any atom is -0.372 e. The molecule has 0 unspecified atom stereocenters. The summed E-state index contributed by atoms with van der Waals surface area (Å²) in [5.41, 5.74) is 5.29. The van der Waals surface area contributed by atoms with E-state index < -0.39 is 5.66 Å². The van der Waals surface area contributed by atoms with Crippen LogP contribution in [0, 0.1) is 6.92 Å². The number of rotatable bonds is 5. The third kappa shape index (κ3) is 2.93. The zero-order chi connectivity index (χ0) is 20.8. The molecule has 4 heteroatoms. The van der Waals surface area contributed by atoms with E-state index in [-0.39, 0.29) is 11.3 Å². The monoisotopic (exact) mass is 389 g/mol. The average molecular weight is 390 g/mol. The highest BCUT2D eigenvalue weighted by Crippen LogP contribution is 2.53. The highest BCUT2D eigenvalue weighted by atomic mass is 16.2. The van der Waals surface area contributed by atoms with Crippen LogP contribution in [0.15, 0.2) is 48.5 Å². The molecular weight excluding hydrogens is 358 g/mol. The van der Waals surface area contributed by atoms with Gasteiger partial charge in [-0.15, -0.1) is 0 Å². The van der Waals surface area contributed by atoms with E-state index in [1.54, 1.807) is 0 Å². The smallest absolute Gasteiger partial charge is 0.241 e. The highest BCUT2D eigenvalue weighted by Gasteiger charge is 2.59. The summed E-state index contributed by atoms with van der Waals surface area (Å²) < 4.78 is 0. The van der Waals surface area contributed by atoms with E-state index in [1.165, 1.54) is 16.8 Å². The fourth-order valence-electron chi connectivity index (χ4n) is 4.89. The first-order valence-corrected chi connectivity index (χ1v) is 10.6. The molecule has 0 aliphatic carbocycles. The Balaban J connectivity index is 1.70. The summed E-state index contributed by atoms with van der Waals surface area (Å²) in [6, 6.07) is 15.2. The lowest BCUT2D eigenvalue weighted by Crippen LogP contribution is -2.58. The number of carbonyl (C=O) groups excluding carboxylic acids is 1. The van der Waals surface area contributed by atoms with Gasteiger partial charge >= 0.3 is 0 Å². The molecule has 0 radical (unpaired) electrons. The van der Waals surface area contributed by atoms with Gasteiger partial charge in [0, 0.05) is 29.9 Å². The van der Waals surface area contributed by atoms with Crippen LogP contribution in [-0.4, -0.2) is 31.2 Å². The lowest BCUT2D eigenvalue weighted by Gasteiger charge is -2.40. The van der Waals surface area contributed by atoms with E-state index in [2.05, 4.69) is 104 Å². The zero-order valence-corrected chi connectivity index (χ0v) is 18.1. The number of nitrogens with one attached hydrogen (secondary N) is 1. The lowest BCUT2D eigenvalue weighted by molar-refractivity contribution is -0.118. The molecule has 0 saturated carbocycles. The first-order chi connectivity index (χ1) is 13.8. The molecule has 29 heavy (non-hydrogen) atoms. The molecule has 4 nitrogen and oxygen atoms in total. The second-order valence-electron chi connectivity index (χ2n) is 8.64. The minimum atomic E-state index is -0.544. The molecule has 1 atom stereocenters. The molecule has 2 aliphatic heterocycles. The van der Waals surface area contributed by atoms with Crippen molar-refractivity contribution in [1.29, 1.82) is 0 Å². The Morgan fingerprint density at radius 3 is 2.45 bits per heavy atom. The number of amides is 1. The summed E-state index contributed by atoms with van der Waals surface area (Å²) in [4.78, 5) is 17.0. The van der Waals surface area contributed by atoms with E-state index in [9.17, 15) is 4.79 Å². The Bertz CT molecular complexity index is 957. The Morgan fingerprint density at radius 2 is 1.79 bits per heavy atom. The molecule has 1 saturated heterocycles. The van der Waals surface area contributed by atoms with Gasteiger partial charge in [-0.25, -0.2) is 0 Å². The van der Waals surface area contributed by atoms with Crippen LogP contribution in [-0.2, 0) is 10.2 Å². The van der Waals surface area contributed by atoms with Crippen LogP contribution in [0.4, 0.5) is 11.4 Å². The molecule has 0 spiro atoms. The van der Waals surface area contributed by atoms with Crippen molar-refractivity contribution in [1.82, 2.24) is 5.32 Å². The summed E-state index contributed by atoms with van der Waals surface area (Å²) in [6.07, 6.45) is 4.32. The number of aryl methyl sites for hydroxylation is 1. The van der Waals surface area contributed by atoms with Crippen LogP contribution in [0.5, 0.6) is 0 Å². The summed E-state index contributed by atoms with van der Waals surface area (Å²) in [6.45, 7) is 13.3. The Kier molecular flexibility index (Phi) is 4.68. The fourth-order valence-corrected chi connectivity index (χ4v) is 4.89. The molecule has 2 heterocycles. The van der Waals surface area contributed by atoms with Crippen LogP contribution in [0.25, 0.3) is 6.08 Å². The molecule has 1 amide bonds. The van der Waals surface area contributed by atoms with Gasteiger partial charge in [-0.3, -0.25) is 4.79 Å². The van der Waals surface area contributed by atoms with Crippen molar-refractivity contribution in [3.8, 4) is 0 Å². The van der Waals surface area contributed by atoms with Crippen molar-refractivity contribution in [2.75, 3.05) is 29.4 Å². The van der Waals surface area contributed by atoms with Crippen molar-refractivity contribution in [2.24, 2.45) is 0 Å². The van der Waals surface area contributed by atoms with Gasteiger partial charge in [0.1, 0.15) is 5.66 Å². The van der Waals surface area contributed by atoms with Crippen LogP contribution >= 0.6 is 0 Å². The van der Waals surface area contributed by atoms with Gasteiger partial charge < -0.3 is 15.1 Å². The van der Waals surface area contributed by atoms with Gasteiger partial charge in [0.25, 0.3) is 0 Å². The predicted octanol–water partition coefficient (Wildman–Crippen LogP) is 4.48. The lowest BCUT2D eigenvalue weighted by atomic mass is 9.75. The van der Waals surface area contributed by atoms with Crippen molar-refractivity contribution in [3.63, 3.8) is 0 Å². The first kappa shape index (κ1) is 19.6. The number of fused-ring (bicyclic) bond motifs is 3. The highest BCUT2D eigenvalue weighted by molar-refractivity contribution is 5.91. The summed E-state index contributed by atoms with van der Waals surface area (Å²) in [7, 11) is 0. The van der Waals surface area contributed by atoms with Crippen molar-refractivity contribution >= 4 is 23.4 Å². The maximum atomic E-state index is 12.4. The molecular formula is C25H31N3O. The molecule has 152 valence electrons. The number of carbonyl (C=O) groups is 1. The summed E-state index contributed by atoms with van der Waals surface area (Å²) >= 11 is 0. The normalized spacial score (nSPS) is 22.0. The van der Waals surface area contributed by atoms with Crippen LogP contribution in [0.1, 0.15) is 44.4 Å². The summed E-state index contributed by atoms with van der Waals surface area (Å²) in [5.74, 6) is 0.0748. The molecule has 2 aromatic carbocycles. The SMILES string of the molecule is CCN(CC)c1ccc(/C=C/[C@]23NC(=O)CN2c2ccc(C)cc2C3(C)C)cc1. The number of nitrogens with zero attached hydrogens (tertiary/aromatic N) is 2. The average Bonchev–Trinajstić information content (AvgIpc) is 3.13. The Morgan fingerprint density at radius 1 is 1.10 bits per heavy atom. The van der Waals surface area contributed by atoms with Gasteiger partial charge in [0.2, 0.25) is 5.91 Å². The largest absolute Gasteiger partial charge is 0.372 e. The molecule has 2 aliphatic rings. The van der Waals surface area contributed by atoms with Crippen LogP contribution < -0.4 is 15.1 Å². The molecule has 0 bridgehead atoms. The van der Waals surface area contributed by atoms with E-state index >= 15 is 0 Å². The minimum absolute atomic E-state index is 0.0748. The van der Waals surface area contributed by atoms with Crippen LogP contribution in [0.2, 0.25) is 0 Å². The van der Waals surface area contributed by atoms with E-state index in [0.717, 1.165) is 24.3 Å². The maximum absolute atomic E-state index is 12.4. The second-order valence-corrected chi connectivity index (χ2v) is 8.64. The van der Waals surface area contributed by atoms with Gasteiger partial charge in [-0.2, -0.15) is 0 Å². The van der Waals surface area contributed by atoms with Crippen LogP contribution in [0.3, 0.4) is 0 Å². The van der Waals surface area contributed by atoms with Gasteiger partial charge in [0.05, 0.1) is 6.54 Å². The van der Waals surface area contributed by atoms with Crippen molar-refractivity contribution in [2.45, 2.75) is 45.7 Å². The molecule has 1 fully saturated rings. The topological polar surface area (TPSA) is 35.6 Å². The van der Waals surface area contributed by atoms with Gasteiger partial charge in [-0.05, 0) is 56.2 Å². The number of benzene rings is 2.